The van der Waals surface area contributed by atoms with Crippen LogP contribution in [-0.4, -0.2) is 16.0 Å². The summed E-state index contributed by atoms with van der Waals surface area (Å²) in [4.78, 5) is 17.5. The molecule has 26 heavy (non-hydrogen) atoms. The number of amides is 1. The Kier molecular flexibility index (Phi) is 3.89. The predicted octanol–water partition coefficient (Wildman–Crippen LogP) is 4.76. The Balaban J connectivity index is 1.80. The van der Waals surface area contributed by atoms with Gasteiger partial charge in [-0.05, 0) is 48.9 Å². The summed E-state index contributed by atoms with van der Waals surface area (Å²) in [5.74, 6) is 0.293. The first kappa shape index (κ1) is 15.9. The van der Waals surface area contributed by atoms with Gasteiger partial charge in [-0.1, -0.05) is 24.3 Å². The molecule has 0 radical (unpaired) electrons. The van der Waals surface area contributed by atoms with Crippen molar-refractivity contribution in [3.63, 3.8) is 0 Å². The van der Waals surface area contributed by atoms with Crippen molar-refractivity contribution >= 4 is 22.5 Å². The first-order valence-electron chi connectivity index (χ1n) is 8.16. The highest BCUT2D eigenvalue weighted by Crippen LogP contribution is 2.28. The van der Waals surface area contributed by atoms with Crippen LogP contribution >= 0.6 is 0 Å². The van der Waals surface area contributed by atoms with Crippen molar-refractivity contribution in [3.05, 3.63) is 78.1 Å². The Morgan fingerprint density at radius 2 is 1.92 bits per heavy atom. The molecule has 0 unspecified atom stereocenters. The Morgan fingerprint density at radius 3 is 2.69 bits per heavy atom. The zero-order valence-corrected chi connectivity index (χ0v) is 14.1. The molecule has 2 heterocycles. The summed E-state index contributed by atoms with van der Waals surface area (Å²) in [5, 5.41) is 13.6. The van der Waals surface area contributed by atoms with Crippen LogP contribution in [0.2, 0.25) is 0 Å². The quantitative estimate of drug-likeness (QED) is 0.525. The van der Waals surface area contributed by atoms with Gasteiger partial charge in [0.25, 0.3) is 5.91 Å². The van der Waals surface area contributed by atoms with E-state index in [1.165, 1.54) is 0 Å². The van der Waals surface area contributed by atoms with Gasteiger partial charge in [0.2, 0.25) is 0 Å². The van der Waals surface area contributed by atoms with Crippen LogP contribution in [0.5, 0.6) is 5.75 Å². The molecule has 1 amide bonds. The van der Waals surface area contributed by atoms with Gasteiger partial charge < -0.3 is 14.8 Å². The highest BCUT2D eigenvalue weighted by molar-refractivity contribution is 6.13. The molecular weight excluding hydrogens is 328 g/mol. The highest BCUT2D eigenvalue weighted by Gasteiger charge is 2.16. The third-order valence-electron chi connectivity index (χ3n) is 4.14. The maximum atomic E-state index is 12.9. The van der Waals surface area contributed by atoms with Gasteiger partial charge in [-0.3, -0.25) is 4.79 Å². The minimum absolute atomic E-state index is 0.0305. The third-order valence-corrected chi connectivity index (χ3v) is 4.14. The molecule has 0 bridgehead atoms. The lowest BCUT2D eigenvalue weighted by atomic mass is 10.1. The monoisotopic (exact) mass is 344 g/mol. The summed E-state index contributed by atoms with van der Waals surface area (Å²) in [6.07, 6.45) is 1.57. The number of benzene rings is 2. The Hall–Kier alpha value is -3.60. The Labute approximate surface area is 149 Å². The SMILES string of the molecule is Cc1ccc(NC(=O)c2cc(-c3ccco3)nc3ccccc23)c(O)c1. The number of nitrogens with one attached hydrogen (secondary N) is 1. The van der Waals surface area contributed by atoms with E-state index in [0.717, 1.165) is 10.9 Å². The normalized spacial score (nSPS) is 10.8. The van der Waals surface area contributed by atoms with E-state index in [0.29, 0.717) is 28.2 Å². The van der Waals surface area contributed by atoms with E-state index in [4.69, 9.17) is 4.42 Å². The number of hydrogen-bond donors (Lipinski definition) is 2. The first-order chi connectivity index (χ1) is 12.6. The van der Waals surface area contributed by atoms with E-state index >= 15 is 0 Å². The van der Waals surface area contributed by atoms with Crippen LogP contribution in [0.3, 0.4) is 0 Å². The van der Waals surface area contributed by atoms with Crippen molar-refractivity contribution in [1.29, 1.82) is 0 Å². The molecule has 2 N–H and O–H groups in total. The Bertz CT molecular complexity index is 1100. The lowest BCUT2D eigenvalue weighted by Crippen LogP contribution is -2.13. The van der Waals surface area contributed by atoms with E-state index < -0.39 is 0 Å². The zero-order valence-electron chi connectivity index (χ0n) is 14.1. The number of carbonyl (C=O) groups excluding carboxylic acids is 1. The van der Waals surface area contributed by atoms with Crippen LogP contribution < -0.4 is 5.32 Å². The van der Waals surface area contributed by atoms with Crippen molar-refractivity contribution in [2.24, 2.45) is 0 Å². The number of pyridine rings is 1. The molecular formula is C21H16N2O3. The van der Waals surface area contributed by atoms with Gasteiger partial charge in [-0.15, -0.1) is 0 Å². The van der Waals surface area contributed by atoms with Crippen LogP contribution in [0.25, 0.3) is 22.4 Å². The number of furan rings is 1. The number of nitrogens with zero attached hydrogens (tertiary/aromatic N) is 1. The van der Waals surface area contributed by atoms with Gasteiger partial charge in [-0.2, -0.15) is 0 Å². The summed E-state index contributed by atoms with van der Waals surface area (Å²) in [5.41, 5.74) is 3.00. The van der Waals surface area contributed by atoms with E-state index in [1.54, 1.807) is 36.6 Å². The molecule has 0 spiro atoms. The molecule has 4 aromatic rings. The molecule has 2 aromatic heterocycles. The van der Waals surface area contributed by atoms with Gasteiger partial charge >= 0.3 is 0 Å². The molecule has 5 nitrogen and oxygen atoms in total. The molecule has 128 valence electrons. The summed E-state index contributed by atoms with van der Waals surface area (Å²) in [6.45, 7) is 1.87. The smallest absolute Gasteiger partial charge is 0.256 e. The maximum Gasteiger partial charge on any atom is 0.256 e. The number of phenols is 1. The second kappa shape index (κ2) is 6.37. The number of aromatic nitrogens is 1. The van der Waals surface area contributed by atoms with Crippen molar-refractivity contribution in [2.45, 2.75) is 6.92 Å². The van der Waals surface area contributed by atoms with E-state index in [1.807, 2.05) is 37.3 Å². The average molecular weight is 344 g/mol. The zero-order chi connectivity index (χ0) is 18.1. The number of carbonyl (C=O) groups is 1. The fourth-order valence-electron chi connectivity index (χ4n) is 2.85. The molecule has 0 saturated heterocycles. The molecule has 0 atom stereocenters. The van der Waals surface area contributed by atoms with Crippen LogP contribution in [0.15, 0.2) is 71.3 Å². The maximum absolute atomic E-state index is 12.9. The molecule has 0 fully saturated rings. The minimum atomic E-state index is -0.324. The van der Waals surface area contributed by atoms with Gasteiger partial charge in [0.05, 0.1) is 23.0 Å². The number of fused-ring (bicyclic) bond motifs is 1. The Morgan fingerprint density at radius 1 is 1.08 bits per heavy atom. The summed E-state index contributed by atoms with van der Waals surface area (Å²) < 4.78 is 5.42. The molecule has 0 saturated carbocycles. The van der Waals surface area contributed by atoms with E-state index in [9.17, 15) is 9.90 Å². The average Bonchev–Trinajstić information content (AvgIpc) is 3.18. The van der Waals surface area contributed by atoms with Crippen LogP contribution in [0.4, 0.5) is 5.69 Å². The fourth-order valence-corrected chi connectivity index (χ4v) is 2.85. The second-order valence-electron chi connectivity index (χ2n) is 6.02. The third kappa shape index (κ3) is 2.91. The summed E-state index contributed by atoms with van der Waals surface area (Å²) >= 11 is 0. The largest absolute Gasteiger partial charge is 0.506 e. The predicted molar refractivity (Wildman–Crippen MR) is 100 cm³/mol. The number of hydrogen-bond acceptors (Lipinski definition) is 4. The minimum Gasteiger partial charge on any atom is -0.506 e. The molecule has 0 aliphatic carbocycles. The topological polar surface area (TPSA) is 75.4 Å². The second-order valence-corrected chi connectivity index (χ2v) is 6.02. The van der Waals surface area contributed by atoms with Gasteiger partial charge in [0.1, 0.15) is 11.4 Å². The summed E-state index contributed by atoms with van der Waals surface area (Å²) in [7, 11) is 0. The molecule has 0 aliphatic rings. The molecule has 0 aliphatic heterocycles. The van der Waals surface area contributed by atoms with Gasteiger partial charge in [0.15, 0.2) is 5.76 Å². The van der Waals surface area contributed by atoms with Gasteiger partial charge in [0, 0.05) is 5.39 Å². The van der Waals surface area contributed by atoms with Gasteiger partial charge in [-0.25, -0.2) is 4.98 Å². The fraction of sp³-hybridized carbons (Fsp3) is 0.0476. The van der Waals surface area contributed by atoms with Crippen molar-refractivity contribution in [1.82, 2.24) is 4.98 Å². The van der Waals surface area contributed by atoms with E-state index in [-0.39, 0.29) is 11.7 Å². The van der Waals surface area contributed by atoms with Crippen LogP contribution in [-0.2, 0) is 0 Å². The lowest BCUT2D eigenvalue weighted by Gasteiger charge is -2.11. The standard InChI is InChI=1S/C21H16N2O3/c1-13-8-9-17(19(24)11-13)23-21(25)15-12-18(20-7-4-10-26-20)22-16-6-3-2-5-14(15)16/h2-12,24H,1H3,(H,23,25). The first-order valence-corrected chi connectivity index (χ1v) is 8.16. The number of anilines is 1. The number of para-hydroxylation sites is 1. The van der Waals surface area contributed by atoms with Crippen molar-refractivity contribution in [2.75, 3.05) is 5.32 Å². The van der Waals surface area contributed by atoms with Crippen molar-refractivity contribution < 1.29 is 14.3 Å². The number of phenolic OH excluding ortho intramolecular Hbond substituents is 1. The number of aromatic hydroxyl groups is 1. The van der Waals surface area contributed by atoms with Crippen molar-refractivity contribution in [3.8, 4) is 17.2 Å². The summed E-state index contributed by atoms with van der Waals surface area (Å²) in [6, 6.07) is 17.8. The lowest BCUT2D eigenvalue weighted by molar-refractivity contribution is 0.102. The molecule has 4 rings (SSSR count). The number of rotatable bonds is 3. The van der Waals surface area contributed by atoms with E-state index in [2.05, 4.69) is 10.3 Å². The highest BCUT2D eigenvalue weighted by atomic mass is 16.3. The molecule has 2 aromatic carbocycles. The number of aryl methyl sites for hydroxylation is 1. The van der Waals surface area contributed by atoms with Crippen LogP contribution in [0, 0.1) is 6.92 Å². The van der Waals surface area contributed by atoms with Crippen LogP contribution in [0.1, 0.15) is 15.9 Å². The molecule has 5 heteroatoms.